The number of aromatic carboxylic acids is 3. The van der Waals surface area contributed by atoms with Gasteiger partial charge in [0.1, 0.15) is 33.9 Å². The molecular weight excluding hydrogens is 548 g/mol. The molecule has 0 aliphatic rings. The third kappa shape index (κ3) is 5.14. The first kappa shape index (κ1) is 28.7. The Bertz CT molecular complexity index is 1630. The molecule has 0 amide bonds. The van der Waals surface area contributed by atoms with Crippen LogP contribution in [0.3, 0.4) is 0 Å². The molecule has 12 heteroatoms. The van der Waals surface area contributed by atoms with Crippen LogP contribution in [0.2, 0.25) is 0 Å². The van der Waals surface area contributed by atoms with Crippen LogP contribution in [0.15, 0.2) is 54.6 Å². The van der Waals surface area contributed by atoms with E-state index >= 15 is 0 Å². The highest BCUT2D eigenvalue weighted by Crippen LogP contribution is 2.39. The van der Waals surface area contributed by atoms with Crippen LogP contribution in [-0.2, 0) is 0 Å². The number of carbonyl (C=O) groups is 4. The van der Waals surface area contributed by atoms with Crippen LogP contribution in [0.1, 0.15) is 52.6 Å². The molecule has 0 saturated carbocycles. The number of aldehydes is 1. The highest BCUT2D eigenvalue weighted by molar-refractivity contribution is 6.01. The highest BCUT2D eigenvalue weighted by atomic mass is 16.4. The maximum Gasteiger partial charge on any atom is 0.339 e. The SMILES string of the molecule is N=Cc1cc(-c2cc(-c3cc(C=N)c(O)c(C(=O)O)c3)cc(-c3cc(C=O)c(O)c(C(=O)O)c3)c2)cc(C(=O)O)c1O. The molecule has 0 saturated heterocycles. The smallest absolute Gasteiger partial charge is 0.339 e. The number of hydrogen-bond acceptors (Lipinski definition) is 9. The Morgan fingerprint density at radius 1 is 0.476 bits per heavy atom. The van der Waals surface area contributed by atoms with Crippen LogP contribution in [-0.4, -0.2) is 67.3 Å². The zero-order valence-electron chi connectivity index (χ0n) is 21.2. The largest absolute Gasteiger partial charge is 0.506 e. The minimum atomic E-state index is -1.52. The highest BCUT2D eigenvalue weighted by Gasteiger charge is 2.21. The molecule has 42 heavy (non-hydrogen) atoms. The van der Waals surface area contributed by atoms with Crippen molar-refractivity contribution in [1.82, 2.24) is 0 Å². The molecule has 210 valence electrons. The van der Waals surface area contributed by atoms with E-state index < -0.39 is 51.8 Å². The van der Waals surface area contributed by atoms with Crippen LogP contribution >= 0.6 is 0 Å². The average molecular weight is 568 g/mol. The molecule has 8 N–H and O–H groups in total. The Kier molecular flexibility index (Phi) is 7.56. The van der Waals surface area contributed by atoms with E-state index in [1.54, 1.807) is 0 Å². The number of phenols is 3. The fraction of sp³-hybridized carbons (Fsp3) is 0. The van der Waals surface area contributed by atoms with Gasteiger partial charge < -0.3 is 41.5 Å². The second kappa shape index (κ2) is 11.1. The van der Waals surface area contributed by atoms with Gasteiger partial charge in [-0.1, -0.05) is 0 Å². The Hall–Kier alpha value is -6.30. The van der Waals surface area contributed by atoms with Crippen molar-refractivity contribution in [3.05, 3.63) is 88.0 Å². The van der Waals surface area contributed by atoms with Gasteiger partial charge in [-0.15, -0.1) is 0 Å². The quantitative estimate of drug-likeness (QED) is 0.102. The third-order valence-electron chi connectivity index (χ3n) is 6.48. The van der Waals surface area contributed by atoms with Crippen molar-refractivity contribution >= 4 is 36.6 Å². The number of carboxylic acids is 3. The minimum Gasteiger partial charge on any atom is -0.506 e. The summed E-state index contributed by atoms with van der Waals surface area (Å²) in [5, 5.41) is 74.8. The first-order chi connectivity index (χ1) is 19.9. The van der Waals surface area contributed by atoms with Crippen molar-refractivity contribution in [2.75, 3.05) is 0 Å². The summed E-state index contributed by atoms with van der Waals surface area (Å²) in [5.74, 6) is -6.51. The van der Waals surface area contributed by atoms with Crippen LogP contribution in [0.4, 0.5) is 0 Å². The van der Waals surface area contributed by atoms with Gasteiger partial charge in [0.25, 0.3) is 0 Å². The zero-order valence-corrected chi connectivity index (χ0v) is 21.2. The molecule has 0 fully saturated rings. The lowest BCUT2D eigenvalue weighted by Crippen LogP contribution is -2.02. The molecule has 0 aliphatic carbocycles. The lowest BCUT2D eigenvalue weighted by molar-refractivity contribution is 0.0682. The molecule has 0 atom stereocenters. The second-order valence-corrected chi connectivity index (χ2v) is 9.01. The number of nitrogens with one attached hydrogen (secondary N) is 2. The number of aromatic hydroxyl groups is 3. The summed E-state index contributed by atoms with van der Waals surface area (Å²) < 4.78 is 0. The van der Waals surface area contributed by atoms with Crippen LogP contribution in [0.25, 0.3) is 33.4 Å². The molecule has 4 rings (SSSR count). The fourth-order valence-electron chi connectivity index (χ4n) is 4.40. The molecule has 12 nitrogen and oxygen atoms in total. The van der Waals surface area contributed by atoms with Crippen LogP contribution in [0, 0.1) is 10.8 Å². The van der Waals surface area contributed by atoms with Crippen molar-refractivity contribution < 1.29 is 49.8 Å². The van der Waals surface area contributed by atoms with Gasteiger partial charge in [-0.05, 0) is 88.0 Å². The van der Waals surface area contributed by atoms with Gasteiger partial charge in [0.05, 0.1) is 5.56 Å². The van der Waals surface area contributed by atoms with Crippen molar-refractivity contribution in [2.45, 2.75) is 0 Å². The van der Waals surface area contributed by atoms with Gasteiger partial charge in [-0.25, -0.2) is 14.4 Å². The number of carboxylic acid groups (broad SMARTS) is 3. The van der Waals surface area contributed by atoms with Crippen molar-refractivity contribution in [3.8, 4) is 50.6 Å². The molecule has 0 aromatic heterocycles. The first-order valence-electron chi connectivity index (χ1n) is 11.8. The van der Waals surface area contributed by atoms with E-state index in [0.717, 1.165) is 30.6 Å². The molecule has 0 bridgehead atoms. The molecule has 0 spiro atoms. The molecule has 0 aliphatic heterocycles. The predicted octanol–water partition coefficient (Wildman–Crippen LogP) is 4.71. The maximum atomic E-state index is 11.8. The molecule has 0 heterocycles. The van der Waals surface area contributed by atoms with E-state index in [1.165, 1.54) is 36.4 Å². The fourth-order valence-corrected chi connectivity index (χ4v) is 4.40. The number of benzene rings is 4. The van der Waals surface area contributed by atoms with Crippen molar-refractivity contribution in [2.24, 2.45) is 0 Å². The topological polar surface area (TPSA) is 237 Å². The maximum absolute atomic E-state index is 11.8. The summed E-state index contributed by atoms with van der Waals surface area (Å²) in [7, 11) is 0. The predicted molar refractivity (Wildman–Crippen MR) is 150 cm³/mol. The van der Waals surface area contributed by atoms with E-state index in [1.807, 2.05) is 0 Å². The summed E-state index contributed by atoms with van der Waals surface area (Å²) >= 11 is 0. The van der Waals surface area contributed by atoms with E-state index in [9.17, 15) is 49.8 Å². The number of rotatable bonds is 9. The monoisotopic (exact) mass is 568 g/mol. The van der Waals surface area contributed by atoms with E-state index in [-0.39, 0.29) is 56.4 Å². The Morgan fingerprint density at radius 2 is 0.738 bits per heavy atom. The van der Waals surface area contributed by atoms with Gasteiger partial charge in [-0.3, -0.25) is 4.79 Å². The van der Waals surface area contributed by atoms with E-state index in [0.29, 0.717) is 0 Å². The van der Waals surface area contributed by atoms with E-state index in [2.05, 4.69) is 0 Å². The lowest BCUT2D eigenvalue weighted by atomic mass is 9.89. The third-order valence-corrected chi connectivity index (χ3v) is 6.48. The number of carbonyl (C=O) groups excluding carboxylic acids is 1. The standard InChI is InChI=1S/C30H20N2O10/c31-10-19-4-16(7-22(25(19)34)28(37)38)13-1-14(17-5-20(11-32)26(35)23(8-17)29(39)40)3-15(2-13)18-6-21(12-33)27(36)24(9-18)30(41)42/h1-12,31-32,34-36H,(H,37,38)(H,39,40)(H,41,42). The Balaban J connectivity index is 2.12. The van der Waals surface area contributed by atoms with Crippen LogP contribution < -0.4 is 0 Å². The Morgan fingerprint density at radius 3 is 1.00 bits per heavy atom. The van der Waals surface area contributed by atoms with Crippen molar-refractivity contribution in [1.29, 1.82) is 10.8 Å². The molecule has 0 unspecified atom stereocenters. The summed E-state index contributed by atoms with van der Waals surface area (Å²) in [6.45, 7) is 0. The normalized spacial score (nSPS) is 10.6. The minimum absolute atomic E-state index is 0.123. The van der Waals surface area contributed by atoms with Gasteiger partial charge >= 0.3 is 17.9 Å². The zero-order chi connectivity index (χ0) is 30.9. The molecule has 0 radical (unpaired) electrons. The average Bonchev–Trinajstić information content (AvgIpc) is 2.96. The number of hydrogen-bond donors (Lipinski definition) is 8. The van der Waals surface area contributed by atoms with Gasteiger partial charge in [0.2, 0.25) is 0 Å². The lowest BCUT2D eigenvalue weighted by Gasteiger charge is -2.15. The second-order valence-electron chi connectivity index (χ2n) is 9.01. The van der Waals surface area contributed by atoms with Gasteiger partial charge in [0, 0.05) is 23.6 Å². The van der Waals surface area contributed by atoms with Crippen molar-refractivity contribution in [3.63, 3.8) is 0 Å². The Labute approximate surface area is 236 Å². The summed E-state index contributed by atoms with van der Waals surface area (Å²) in [4.78, 5) is 47.0. The molecule has 4 aromatic rings. The van der Waals surface area contributed by atoms with E-state index in [4.69, 9.17) is 10.8 Å². The van der Waals surface area contributed by atoms with Crippen LogP contribution in [0.5, 0.6) is 17.2 Å². The first-order valence-corrected chi connectivity index (χ1v) is 11.8. The summed E-state index contributed by atoms with van der Waals surface area (Å²) in [5.41, 5.74) is -0.846. The summed E-state index contributed by atoms with van der Waals surface area (Å²) in [6.07, 6.45) is 1.77. The van der Waals surface area contributed by atoms with Gasteiger partial charge in [-0.2, -0.15) is 0 Å². The molecular formula is C30H20N2O10. The molecule has 4 aromatic carbocycles. The summed E-state index contributed by atoms with van der Waals surface area (Å²) in [6, 6.07) is 11.8. The van der Waals surface area contributed by atoms with Gasteiger partial charge in [0.15, 0.2) is 6.29 Å².